The van der Waals surface area contributed by atoms with Crippen molar-refractivity contribution in [3.63, 3.8) is 0 Å². The van der Waals surface area contributed by atoms with E-state index in [1.165, 1.54) is 0 Å². The first-order valence-electron chi connectivity index (χ1n) is 5.50. The second kappa shape index (κ2) is 5.35. The molecule has 0 rings (SSSR count). The van der Waals surface area contributed by atoms with Crippen LogP contribution in [0.15, 0.2) is 0 Å². The van der Waals surface area contributed by atoms with Crippen molar-refractivity contribution in [1.82, 2.24) is 10.2 Å². The number of nitrogens with one attached hydrogen (secondary N) is 1. The molecule has 0 atom stereocenters. The lowest BCUT2D eigenvalue weighted by Crippen LogP contribution is -2.52. The van der Waals surface area contributed by atoms with Crippen molar-refractivity contribution in [2.75, 3.05) is 6.54 Å². The molecule has 0 saturated heterocycles. The van der Waals surface area contributed by atoms with Crippen LogP contribution in [-0.4, -0.2) is 35.1 Å². The van der Waals surface area contributed by atoms with Crippen LogP contribution in [0.2, 0.25) is 0 Å². The third kappa shape index (κ3) is 5.62. The summed E-state index contributed by atoms with van der Waals surface area (Å²) in [6, 6.07) is 0.357. The fourth-order valence-corrected chi connectivity index (χ4v) is 1.46. The number of hydrogen-bond acceptors (Lipinski definition) is 2. The third-order valence-corrected chi connectivity index (χ3v) is 2.04. The van der Waals surface area contributed by atoms with E-state index < -0.39 is 0 Å². The molecule has 90 valence electrons. The van der Waals surface area contributed by atoms with E-state index >= 15 is 0 Å². The smallest absolute Gasteiger partial charge is 0.317 e. The Kier molecular flexibility index (Phi) is 5.08. The minimum absolute atomic E-state index is 0.0430. The number of carbonyl (C=O) groups excluding carboxylic acids is 1. The number of hydrogen-bond donors (Lipinski definition) is 2. The lowest BCUT2D eigenvalue weighted by Gasteiger charge is -2.32. The zero-order valence-corrected chi connectivity index (χ0v) is 10.8. The number of nitrogens with two attached hydrogens (primary N) is 1. The number of rotatable bonds is 4. The summed E-state index contributed by atoms with van der Waals surface area (Å²) in [5, 5.41) is 2.85. The lowest BCUT2D eigenvalue weighted by molar-refractivity contribution is 0.163. The summed E-state index contributed by atoms with van der Waals surface area (Å²) in [7, 11) is 0. The van der Waals surface area contributed by atoms with Gasteiger partial charge in [0.1, 0.15) is 0 Å². The Balaban J connectivity index is 4.29. The quantitative estimate of drug-likeness (QED) is 0.747. The van der Waals surface area contributed by atoms with Crippen molar-refractivity contribution >= 4 is 6.03 Å². The summed E-state index contributed by atoms with van der Waals surface area (Å²) in [6.07, 6.45) is 0. The maximum Gasteiger partial charge on any atom is 0.317 e. The van der Waals surface area contributed by atoms with Gasteiger partial charge in [-0.05, 0) is 41.5 Å². The number of urea groups is 1. The SMILES string of the molecule is CC(C)N(C(=O)NCC(C)(C)N)C(C)C. The van der Waals surface area contributed by atoms with Crippen molar-refractivity contribution in [1.29, 1.82) is 0 Å². The normalized spacial score (nSPS) is 12.1. The first-order valence-corrected chi connectivity index (χ1v) is 5.50. The highest BCUT2D eigenvalue weighted by Crippen LogP contribution is 2.05. The highest BCUT2D eigenvalue weighted by atomic mass is 16.2. The zero-order valence-electron chi connectivity index (χ0n) is 10.8. The van der Waals surface area contributed by atoms with E-state index in [1.807, 2.05) is 46.4 Å². The Morgan fingerprint density at radius 3 is 1.93 bits per heavy atom. The molecule has 0 fully saturated rings. The monoisotopic (exact) mass is 215 g/mol. The molecule has 0 aliphatic heterocycles. The predicted octanol–water partition coefficient (Wildman–Crippen LogP) is 1.55. The molecule has 0 aliphatic rings. The van der Waals surface area contributed by atoms with E-state index in [1.54, 1.807) is 0 Å². The van der Waals surface area contributed by atoms with Gasteiger partial charge in [-0.25, -0.2) is 4.79 Å². The summed E-state index contributed by atoms with van der Waals surface area (Å²) < 4.78 is 0. The van der Waals surface area contributed by atoms with Gasteiger partial charge in [-0.15, -0.1) is 0 Å². The molecular weight excluding hydrogens is 190 g/mol. The fourth-order valence-electron chi connectivity index (χ4n) is 1.46. The predicted molar refractivity (Wildman–Crippen MR) is 63.8 cm³/mol. The molecule has 0 unspecified atom stereocenters. The van der Waals surface area contributed by atoms with Crippen molar-refractivity contribution < 1.29 is 4.79 Å². The Hall–Kier alpha value is -0.770. The van der Waals surface area contributed by atoms with Gasteiger partial charge in [-0.3, -0.25) is 0 Å². The van der Waals surface area contributed by atoms with Crippen LogP contribution in [0.4, 0.5) is 4.79 Å². The maximum absolute atomic E-state index is 11.8. The molecule has 0 bridgehead atoms. The van der Waals surface area contributed by atoms with Crippen molar-refractivity contribution in [2.24, 2.45) is 5.73 Å². The molecule has 0 radical (unpaired) electrons. The molecule has 0 heterocycles. The lowest BCUT2D eigenvalue weighted by atomic mass is 10.1. The Morgan fingerprint density at radius 2 is 1.67 bits per heavy atom. The van der Waals surface area contributed by atoms with E-state index in [9.17, 15) is 4.79 Å². The van der Waals surface area contributed by atoms with E-state index in [4.69, 9.17) is 5.73 Å². The van der Waals surface area contributed by atoms with Gasteiger partial charge in [0.2, 0.25) is 0 Å². The van der Waals surface area contributed by atoms with Gasteiger partial charge in [0.25, 0.3) is 0 Å². The van der Waals surface area contributed by atoms with Crippen LogP contribution in [0.3, 0.4) is 0 Å². The van der Waals surface area contributed by atoms with E-state index in [0.717, 1.165) is 0 Å². The Morgan fingerprint density at radius 1 is 1.27 bits per heavy atom. The summed E-state index contributed by atoms with van der Waals surface area (Å²) in [5.41, 5.74) is 5.44. The summed E-state index contributed by atoms with van der Waals surface area (Å²) in [6.45, 7) is 12.3. The molecule has 0 aliphatic carbocycles. The first kappa shape index (κ1) is 14.2. The van der Waals surface area contributed by atoms with Gasteiger partial charge in [0, 0.05) is 24.2 Å². The zero-order chi connectivity index (χ0) is 12.2. The highest BCUT2D eigenvalue weighted by Gasteiger charge is 2.21. The van der Waals surface area contributed by atoms with Gasteiger partial charge >= 0.3 is 6.03 Å². The average Bonchev–Trinajstić information content (AvgIpc) is 1.97. The van der Waals surface area contributed by atoms with E-state index in [2.05, 4.69) is 5.32 Å². The van der Waals surface area contributed by atoms with Crippen molar-refractivity contribution in [2.45, 2.75) is 59.2 Å². The molecule has 3 N–H and O–H groups in total. The topological polar surface area (TPSA) is 58.4 Å². The Bertz CT molecular complexity index is 198. The molecule has 0 saturated carbocycles. The van der Waals surface area contributed by atoms with Crippen LogP contribution in [0.5, 0.6) is 0 Å². The van der Waals surface area contributed by atoms with Gasteiger partial charge in [0.15, 0.2) is 0 Å². The van der Waals surface area contributed by atoms with Gasteiger partial charge in [0.05, 0.1) is 0 Å². The molecule has 4 heteroatoms. The number of amides is 2. The van der Waals surface area contributed by atoms with Crippen LogP contribution in [0.1, 0.15) is 41.5 Å². The molecule has 0 aromatic rings. The summed E-state index contributed by atoms with van der Waals surface area (Å²) >= 11 is 0. The van der Waals surface area contributed by atoms with Gasteiger partial charge in [-0.1, -0.05) is 0 Å². The van der Waals surface area contributed by atoms with Gasteiger partial charge in [-0.2, -0.15) is 0 Å². The fraction of sp³-hybridized carbons (Fsp3) is 0.909. The molecule has 2 amide bonds. The second-order valence-electron chi connectivity index (χ2n) is 5.24. The van der Waals surface area contributed by atoms with Crippen molar-refractivity contribution in [3.05, 3.63) is 0 Å². The van der Waals surface area contributed by atoms with Crippen LogP contribution in [-0.2, 0) is 0 Å². The minimum atomic E-state index is -0.366. The molecule has 0 aromatic heterocycles. The van der Waals surface area contributed by atoms with Gasteiger partial charge < -0.3 is 16.0 Å². The highest BCUT2D eigenvalue weighted by molar-refractivity contribution is 5.74. The van der Waals surface area contributed by atoms with Crippen LogP contribution in [0, 0.1) is 0 Å². The molecule has 0 spiro atoms. The average molecular weight is 215 g/mol. The molecule has 15 heavy (non-hydrogen) atoms. The summed E-state index contributed by atoms with van der Waals surface area (Å²) in [5.74, 6) is 0. The van der Waals surface area contributed by atoms with Crippen LogP contribution >= 0.6 is 0 Å². The largest absolute Gasteiger partial charge is 0.336 e. The van der Waals surface area contributed by atoms with E-state index in [-0.39, 0.29) is 23.7 Å². The van der Waals surface area contributed by atoms with Crippen LogP contribution in [0.25, 0.3) is 0 Å². The van der Waals surface area contributed by atoms with Crippen molar-refractivity contribution in [3.8, 4) is 0 Å². The standard InChI is InChI=1S/C11H25N3O/c1-8(2)14(9(3)4)10(15)13-7-11(5,6)12/h8-9H,7,12H2,1-6H3,(H,13,15). The molecule has 4 nitrogen and oxygen atoms in total. The third-order valence-electron chi connectivity index (χ3n) is 2.04. The maximum atomic E-state index is 11.8. The second-order valence-corrected chi connectivity index (χ2v) is 5.24. The number of nitrogens with zero attached hydrogens (tertiary/aromatic N) is 1. The number of carbonyl (C=O) groups is 1. The van der Waals surface area contributed by atoms with Crippen LogP contribution < -0.4 is 11.1 Å². The molecule has 0 aromatic carbocycles. The Labute approximate surface area is 93.2 Å². The first-order chi connectivity index (χ1) is 6.65. The minimum Gasteiger partial charge on any atom is -0.336 e. The van der Waals surface area contributed by atoms with E-state index in [0.29, 0.717) is 6.54 Å². The molecular formula is C11H25N3O. The summed E-state index contributed by atoms with van der Waals surface area (Å²) in [4.78, 5) is 13.6.